The van der Waals surface area contributed by atoms with Crippen LogP contribution in [0.25, 0.3) is 0 Å². The van der Waals surface area contributed by atoms with Crippen LogP contribution in [0.5, 0.6) is 0 Å². The number of amides is 2. The van der Waals surface area contributed by atoms with Crippen LogP contribution in [-0.4, -0.2) is 90.5 Å². The first-order valence-electron chi connectivity index (χ1n) is 10.5. The molecule has 0 aromatic carbocycles. The van der Waals surface area contributed by atoms with E-state index in [9.17, 15) is 9.59 Å². The molecule has 31 heavy (non-hydrogen) atoms. The van der Waals surface area contributed by atoms with Gasteiger partial charge in [-0.25, -0.2) is 4.79 Å². The van der Waals surface area contributed by atoms with Crippen molar-refractivity contribution in [3.8, 4) is 0 Å². The second-order valence-electron chi connectivity index (χ2n) is 9.16. The molecular weight excluding hydrogens is 404 g/mol. The molecule has 11 heteroatoms. The van der Waals surface area contributed by atoms with Crippen molar-refractivity contribution >= 4 is 12.0 Å². The second kappa shape index (κ2) is 10.9. The van der Waals surface area contributed by atoms with Gasteiger partial charge >= 0.3 is 6.09 Å². The van der Waals surface area contributed by atoms with E-state index >= 15 is 0 Å². The Bertz CT molecular complexity index is 722. The molecule has 2 heterocycles. The average molecular weight is 441 g/mol. The number of piperazine rings is 1. The highest BCUT2D eigenvalue weighted by Gasteiger charge is 2.31. The summed E-state index contributed by atoms with van der Waals surface area (Å²) in [6.45, 7) is 14.1. The molecular formula is C20H36N6O5. The molecule has 1 aliphatic rings. The van der Waals surface area contributed by atoms with Gasteiger partial charge in [0.1, 0.15) is 11.1 Å². The molecule has 0 aliphatic carbocycles. The Morgan fingerprint density at radius 3 is 2.35 bits per heavy atom. The monoisotopic (exact) mass is 440 g/mol. The van der Waals surface area contributed by atoms with Crippen molar-refractivity contribution in [2.45, 2.75) is 52.3 Å². The number of ether oxygens (including phenoxy) is 2. The van der Waals surface area contributed by atoms with E-state index in [-0.39, 0.29) is 5.91 Å². The number of hydrogen-bond donors (Lipinski definition) is 2. The molecule has 1 fully saturated rings. The zero-order valence-electron chi connectivity index (χ0n) is 19.5. The lowest BCUT2D eigenvalue weighted by molar-refractivity contribution is -0.122. The average Bonchev–Trinajstić information content (AvgIpc) is 3.11. The van der Waals surface area contributed by atoms with Crippen molar-refractivity contribution in [2.24, 2.45) is 0 Å². The highest BCUT2D eigenvalue weighted by molar-refractivity contribution is 5.78. The maximum absolute atomic E-state index is 12.1. The van der Waals surface area contributed by atoms with E-state index in [1.807, 2.05) is 0 Å². The van der Waals surface area contributed by atoms with Crippen LogP contribution in [0.1, 0.15) is 46.3 Å². The number of carbonyl (C=O) groups excluding carboxylic acids is 2. The standard InChI is InChI=1S/C20H36N6O5/c1-19(2,3)30-18(28)23-20(4,5)17-22-16(31-24-17)14-26-10-8-25(9-11-26)13-15(27)21-7-12-29-6/h7-14H2,1-6H3,(H,21,27)(H,23,28). The fraction of sp³-hybridized carbons (Fsp3) is 0.800. The van der Waals surface area contributed by atoms with Gasteiger partial charge in [-0.2, -0.15) is 4.98 Å². The minimum absolute atomic E-state index is 0.00626. The molecule has 176 valence electrons. The van der Waals surface area contributed by atoms with Gasteiger partial charge in [0, 0.05) is 39.8 Å². The summed E-state index contributed by atoms with van der Waals surface area (Å²) in [4.78, 5) is 32.8. The smallest absolute Gasteiger partial charge is 0.408 e. The summed E-state index contributed by atoms with van der Waals surface area (Å²) in [5.74, 6) is 0.881. The maximum atomic E-state index is 12.1. The quantitative estimate of drug-likeness (QED) is 0.535. The van der Waals surface area contributed by atoms with E-state index in [0.717, 1.165) is 26.2 Å². The van der Waals surface area contributed by atoms with E-state index in [0.29, 0.717) is 38.0 Å². The van der Waals surface area contributed by atoms with Gasteiger partial charge in [-0.1, -0.05) is 5.16 Å². The molecule has 2 N–H and O–H groups in total. The zero-order valence-corrected chi connectivity index (χ0v) is 19.5. The number of hydrogen-bond acceptors (Lipinski definition) is 9. The van der Waals surface area contributed by atoms with Crippen molar-refractivity contribution in [1.29, 1.82) is 0 Å². The van der Waals surface area contributed by atoms with Crippen molar-refractivity contribution in [1.82, 2.24) is 30.6 Å². The summed E-state index contributed by atoms with van der Waals surface area (Å²) >= 11 is 0. The Morgan fingerprint density at radius 1 is 1.10 bits per heavy atom. The van der Waals surface area contributed by atoms with E-state index in [2.05, 4.69) is 30.6 Å². The minimum Gasteiger partial charge on any atom is -0.444 e. The Balaban J connectivity index is 1.79. The molecule has 1 saturated heterocycles. The van der Waals surface area contributed by atoms with E-state index in [1.54, 1.807) is 41.7 Å². The third-order valence-electron chi connectivity index (χ3n) is 4.66. The molecule has 1 aliphatic heterocycles. The number of alkyl carbamates (subject to hydrolysis) is 1. The topological polar surface area (TPSA) is 122 Å². The van der Waals surface area contributed by atoms with Crippen LogP contribution >= 0.6 is 0 Å². The molecule has 11 nitrogen and oxygen atoms in total. The maximum Gasteiger partial charge on any atom is 0.408 e. The fourth-order valence-corrected chi connectivity index (χ4v) is 3.04. The molecule has 1 aromatic rings. The number of methoxy groups -OCH3 is 1. The van der Waals surface area contributed by atoms with Crippen LogP contribution < -0.4 is 10.6 Å². The molecule has 0 bridgehead atoms. The highest BCUT2D eigenvalue weighted by Crippen LogP contribution is 2.19. The van der Waals surface area contributed by atoms with Crippen LogP contribution in [0.4, 0.5) is 4.79 Å². The summed E-state index contributed by atoms with van der Waals surface area (Å²) in [6.07, 6.45) is -0.536. The van der Waals surface area contributed by atoms with Gasteiger partial charge in [-0.05, 0) is 34.6 Å². The molecule has 0 spiro atoms. The normalized spacial score (nSPS) is 16.2. The third-order valence-corrected chi connectivity index (χ3v) is 4.66. The minimum atomic E-state index is -0.834. The largest absolute Gasteiger partial charge is 0.444 e. The lowest BCUT2D eigenvalue weighted by Crippen LogP contribution is -2.49. The van der Waals surface area contributed by atoms with Crippen LogP contribution in [0.3, 0.4) is 0 Å². The van der Waals surface area contributed by atoms with Gasteiger partial charge < -0.3 is 24.6 Å². The molecule has 2 amide bonds. The molecule has 0 saturated carbocycles. The number of rotatable bonds is 9. The summed E-state index contributed by atoms with van der Waals surface area (Å²) in [6, 6.07) is 0. The van der Waals surface area contributed by atoms with E-state index in [1.165, 1.54) is 0 Å². The van der Waals surface area contributed by atoms with Gasteiger partial charge in [-0.3, -0.25) is 14.6 Å². The Kier molecular flexibility index (Phi) is 8.78. The first kappa shape index (κ1) is 25.0. The number of nitrogens with one attached hydrogen (secondary N) is 2. The van der Waals surface area contributed by atoms with Crippen molar-refractivity contribution in [3.63, 3.8) is 0 Å². The predicted molar refractivity (Wildman–Crippen MR) is 113 cm³/mol. The summed E-state index contributed by atoms with van der Waals surface area (Å²) < 4.78 is 15.6. The summed E-state index contributed by atoms with van der Waals surface area (Å²) in [7, 11) is 1.61. The Labute approximate surface area is 183 Å². The third kappa shape index (κ3) is 8.80. The Morgan fingerprint density at radius 2 is 1.74 bits per heavy atom. The number of nitrogens with zero attached hydrogens (tertiary/aromatic N) is 4. The van der Waals surface area contributed by atoms with Crippen molar-refractivity contribution in [3.05, 3.63) is 11.7 Å². The predicted octanol–water partition coefficient (Wildman–Crippen LogP) is 0.710. The van der Waals surface area contributed by atoms with Gasteiger partial charge in [0.05, 0.1) is 19.7 Å². The number of aromatic nitrogens is 2. The van der Waals surface area contributed by atoms with Gasteiger partial charge in [0.15, 0.2) is 5.82 Å². The van der Waals surface area contributed by atoms with Crippen molar-refractivity contribution < 1.29 is 23.6 Å². The molecule has 0 unspecified atom stereocenters. The zero-order chi connectivity index (χ0) is 23.1. The number of carbonyl (C=O) groups is 2. The fourth-order valence-electron chi connectivity index (χ4n) is 3.04. The Hall–Kier alpha value is -2.24. The van der Waals surface area contributed by atoms with Crippen LogP contribution in [0.15, 0.2) is 4.52 Å². The molecule has 2 rings (SSSR count). The summed E-state index contributed by atoms with van der Waals surface area (Å²) in [5, 5.41) is 9.65. The second-order valence-corrected chi connectivity index (χ2v) is 9.16. The van der Waals surface area contributed by atoms with Gasteiger partial charge in [-0.15, -0.1) is 0 Å². The lowest BCUT2D eigenvalue weighted by Gasteiger charge is -2.33. The molecule has 1 aromatic heterocycles. The van der Waals surface area contributed by atoms with Crippen LogP contribution in [-0.2, 0) is 26.4 Å². The first-order valence-corrected chi connectivity index (χ1v) is 10.5. The van der Waals surface area contributed by atoms with Crippen LogP contribution in [0.2, 0.25) is 0 Å². The van der Waals surface area contributed by atoms with Crippen molar-refractivity contribution in [2.75, 3.05) is 53.0 Å². The van der Waals surface area contributed by atoms with Gasteiger partial charge in [0.25, 0.3) is 0 Å². The van der Waals surface area contributed by atoms with Gasteiger partial charge in [0.2, 0.25) is 11.8 Å². The van der Waals surface area contributed by atoms with E-state index < -0.39 is 17.2 Å². The highest BCUT2D eigenvalue weighted by atomic mass is 16.6. The van der Waals surface area contributed by atoms with Crippen LogP contribution in [0, 0.1) is 0 Å². The first-order chi connectivity index (χ1) is 14.5. The lowest BCUT2D eigenvalue weighted by atomic mass is 10.1. The molecule has 0 atom stereocenters. The SMILES string of the molecule is COCCNC(=O)CN1CCN(Cc2nc(C(C)(C)NC(=O)OC(C)(C)C)no2)CC1. The summed E-state index contributed by atoms with van der Waals surface area (Å²) in [5.41, 5.74) is -1.42. The van der Waals surface area contributed by atoms with E-state index in [4.69, 9.17) is 14.0 Å². The molecule has 0 radical (unpaired) electrons.